The lowest BCUT2D eigenvalue weighted by atomic mass is 9.94. The molecule has 136 valence electrons. The Morgan fingerprint density at radius 1 is 1.36 bits per heavy atom. The van der Waals surface area contributed by atoms with E-state index in [0.717, 1.165) is 31.9 Å². The highest BCUT2D eigenvalue weighted by molar-refractivity contribution is 5.86. The molecule has 2 aromatic rings. The largest absolute Gasteiger partial charge is 0.368 e. The molecule has 1 atom stereocenters. The van der Waals surface area contributed by atoms with E-state index < -0.39 is 11.4 Å². The minimum absolute atomic E-state index is 0.0397. The van der Waals surface area contributed by atoms with Crippen molar-refractivity contribution in [2.45, 2.75) is 52.0 Å². The van der Waals surface area contributed by atoms with Gasteiger partial charge in [0.2, 0.25) is 11.9 Å². The van der Waals surface area contributed by atoms with Crippen LogP contribution in [0, 0.1) is 5.82 Å². The summed E-state index contributed by atoms with van der Waals surface area (Å²) in [6.07, 6.45) is 5.14. The van der Waals surface area contributed by atoms with Crippen molar-refractivity contribution in [3.05, 3.63) is 18.1 Å². The second kappa shape index (κ2) is 8.04. The number of carbonyl (C=O) groups is 1. The molecule has 0 aliphatic rings. The van der Waals surface area contributed by atoms with E-state index in [2.05, 4.69) is 32.5 Å². The lowest BCUT2D eigenvalue weighted by Crippen LogP contribution is -2.46. The van der Waals surface area contributed by atoms with Gasteiger partial charge in [-0.05, 0) is 13.3 Å². The number of nitrogen functional groups attached to an aromatic ring is 1. The maximum Gasteiger partial charge on any atom is 0.222 e. The maximum atomic E-state index is 13.4. The van der Waals surface area contributed by atoms with Gasteiger partial charge in [-0.3, -0.25) is 4.79 Å². The van der Waals surface area contributed by atoms with Crippen LogP contribution < -0.4 is 16.4 Å². The molecule has 8 heteroatoms. The summed E-state index contributed by atoms with van der Waals surface area (Å²) in [5.41, 5.74) is 6.10. The molecule has 4 N–H and O–H groups in total. The number of nitrogens with one attached hydrogen (secondary N) is 2. The SMILES string of the molecule is CCCCCC(C)(CNC(C)=O)Nc1nc(N)nc2cc(F)cnc12. The number of aromatic nitrogens is 3. The summed E-state index contributed by atoms with van der Waals surface area (Å²) in [5, 5.41) is 6.19. The number of rotatable bonds is 8. The van der Waals surface area contributed by atoms with E-state index >= 15 is 0 Å². The van der Waals surface area contributed by atoms with Crippen molar-refractivity contribution in [2.75, 3.05) is 17.6 Å². The van der Waals surface area contributed by atoms with Crippen molar-refractivity contribution in [3.63, 3.8) is 0 Å². The van der Waals surface area contributed by atoms with E-state index in [1.54, 1.807) is 0 Å². The van der Waals surface area contributed by atoms with Gasteiger partial charge in [0, 0.05) is 19.5 Å². The Morgan fingerprint density at radius 2 is 2.12 bits per heavy atom. The van der Waals surface area contributed by atoms with Crippen LogP contribution >= 0.6 is 0 Å². The molecule has 2 aromatic heterocycles. The van der Waals surface area contributed by atoms with E-state index in [1.165, 1.54) is 13.0 Å². The minimum atomic E-state index is -0.486. The van der Waals surface area contributed by atoms with Crippen molar-refractivity contribution in [1.82, 2.24) is 20.3 Å². The molecule has 0 radical (unpaired) electrons. The van der Waals surface area contributed by atoms with E-state index in [4.69, 9.17) is 5.73 Å². The standard InChI is InChI=1S/C17H25FN6O/c1-4-5-6-7-17(3,10-21-11(2)25)24-15-14-13(22-16(19)23-15)8-12(18)9-20-14/h8-9H,4-7,10H2,1-3H3,(H,21,25)(H3,19,22,23,24). The Bertz CT molecular complexity index is 748. The highest BCUT2D eigenvalue weighted by atomic mass is 19.1. The van der Waals surface area contributed by atoms with Crippen LogP contribution in [0.1, 0.15) is 46.5 Å². The Hall–Kier alpha value is -2.51. The maximum absolute atomic E-state index is 13.4. The number of nitrogens with zero attached hydrogens (tertiary/aromatic N) is 3. The summed E-state index contributed by atoms with van der Waals surface area (Å²) < 4.78 is 13.4. The van der Waals surface area contributed by atoms with Crippen LogP contribution in [-0.2, 0) is 4.79 Å². The van der Waals surface area contributed by atoms with E-state index in [9.17, 15) is 9.18 Å². The first-order valence-corrected chi connectivity index (χ1v) is 8.44. The number of nitrogens with two attached hydrogens (primary N) is 1. The van der Waals surface area contributed by atoms with Crippen molar-refractivity contribution in [2.24, 2.45) is 0 Å². The lowest BCUT2D eigenvalue weighted by Gasteiger charge is -2.32. The van der Waals surface area contributed by atoms with Gasteiger partial charge in [-0.15, -0.1) is 0 Å². The van der Waals surface area contributed by atoms with Gasteiger partial charge >= 0.3 is 0 Å². The fraction of sp³-hybridized carbons (Fsp3) is 0.529. The van der Waals surface area contributed by atoms with Crippen LogP contribution in [0.3, 0.4) is 0 Å². The van der Waals surface area contributed by atoms with Crippen LogP contribution in [0.25, 0.3) is 11.0 Å². The third kappa shape index (κ3) is 5.23. The Balaban J connectivity index is 2.33. The minimum Gasteiger partial charge on any atom is -0.368 e. The first-order chi connectivity index (χ1) is 11.8. The highest BCUT2D eigenvalue weighted by Crippen LogP contribution is 2.25. The van der Waals surface area contributed by atoms with Gasteiger partial charge in [-0.1, -0.05) is 26.2 Å². The molecule has 0 aliphatic carbocycles. The number of halogens is 1. The third-order valence-corrected chi connectivity index (χ3v) is 4.00. The zero-order valence-corrected chi connectivity index (χ0v) is 14.9. The fourth-order valence-corrected chi connectivity index (χ4v) is 2.66. The Labute approximate surface area is 146 Å². The summed E-state index contributed by atoms with van der Waals surface area (Å²) in [6.45, 7) is 6.05. The van der Waals surface area contributed by atoms with Gasteiger partial charge in [-0.2, -0.15) is 4.98 Å². The number of carbonyl (C=O) groups excluding carboxylic acids is 1. The lowest BCUT2D eigenvalue weighted by molar-refractivity contribution is -0.119. The second-order valence-corrected chi connectivity index (χ2v) is 6.50. The molecule has 0 fully saturated rings. The molecule has 25 heavy (non-hydrogen) atoms. The summed E-state index contributed by atoms with van der Waals surface area (Å²) in [4.78, 5) is 23.7. The summed E-state index contributed by atoms with van der Waals surface area (Å²) in [6, 6.07) is 1.27. The number of pyridine rings is 1. The van der Waals surface area contributed by atoms with Crippen molar-refractivity contribution < 1.29 is 9.18 Å². The predicted octanol–water partition coefficient (Wildman–Crippen LogP) is 2.63. The molecule has 0 aliphatic heterocycles. The zero-order chi connectivity index (χ0) is 18.4. The van der Waals surface area contributed by atoms with Crippen LogP contribution in [0.4, 0.5) is 16.2 Å². The average molecular weight is 348 g/mol. The number of unbranched alkanes of at least 4 members (excludes halogenated alkanes) is 2. The molecule has 7 nitrogen and oxygen atoms in total. The average Bonchev–Trinajstić information content (AvgIpc) is 2.52. The van der Waals surface area contributed by atoms with E-state index in [1.807, 2.05) is 6.92 Å². The first kappa shape index (κ1) is 18.8. The van der Waals surface area contributed by atoms with Gasteiger partial charge < -0.3 is 16.4 Å². The predicted molar refractivity (Wildman–Crippen MR) is 96.6 cm³/mol. The number of hydrogen-bond donors (Lipinski definition) is 3. The molecule has 2 rings (SSSR count). The summed E-state index contributed by atoms with van der Waals surface area (Å²) >= 11 is 0. The van der Waals surface area contributed by atoms with Crippen LogP contribution in [0.15, 0.2) is 12.3 Å². The monoisotopic (exact) mass is 348 g/mol. The molecular formula is C17H25FN6O. The first-order valence-electron chi connectivity index (χ1n) is 8.44. The van der Waals surface area contributed by atoms with Crippen LogP contribution in [-0.4, -0.2) is 32.9 Å². The van der Waals surface area contributed by atoms with Gasteiger partial charge in [-0.25, -0.2) is 14.4 Å². The molecule has 1 unspecified atom stereocenters. The van der Waals surface area contributed by atoms with Gasteiger partial charge in [0.25, 0.3) is 0 Å². The molecule has 0 aromatic carbocycles. The van der Waals surface area contributed by atoms with E-state index in [-0.39, 0.29) is 11.9 Å². The van der Waals surface area contributed by atoms with Crippen LogP contribution in [0.5, 0.6) is 0 Å². The van der Waals surface area contributed by atoms with Gasteiger partial charge in [0.15, 0.2) is 5.82 Å². The molecule has 0 spiro atoms. The number of hydrogen-bond acceptors (Lipinski definition) is 6. The molecular weight excluding hydrogens is 323 g/mol. The van der Waals surface area contributed by atoms with Gasteiger partial charge in [0.05, 0.1) is 17.3 Å². The van der Waals surface area contributed by atoms with Crippen LogP contribution in [0.2, 0.25) is 0 Å². The normalized spacial score (nSPS) is 13.4. The van der Waals surface area contributed by atoms with Crippen molar-refractivity contribution >= 4 is 28.7 Å². The summed E-state index contributed by atoms with van der Waals surface area (Å²) in [5.74, 6) is -0.110. The topological polar surface area (TPSA) is 106 Å². The smallest absolute Gasteiger partial charge is 0.222 e. The quantitative estimate of drug-likeness (QED) is 0.633. The Kier molecular flexibility index (Phi) is 6.06. The molecule has 0 bridgehead atoms. The number of amides is 1. The van der Waals surface area contributed by atoms with Crippen molar-refractivity contribution in [1.29, 1.82) is 0 Å². The number of anilines is 2. The fourth-order valence-electron chi connectivity index (χ4n) is 2.66. The molecule has 1 amide bonds. The second-order valence-electron chi connectivity index (χ2n) is 6.50. The Morgan fingerprint density at radius 3 is 2.80 bits per heavy atom. The van der Waals surface area contributed by atoms with E-state index in [0.29, 0.717) is 23.4 Å². The van der Waals surface area contributed by atoms with Crippen molar-refractivity contribution in [3.8, 4) is 0 Å². The molecule has 2 heterocycles. The third-order valence-electron chi connectivity index (χ3n) is 4.00. The highest BCUT2D eigenvalue weighted by Gasteiger charge is 2.26. The molecule has 0 saturated heterocycles. The molecule has 0 saturated carbocycles. The van der Waals surface area contributed by atoms with Gasteiger partial charge in [0.1, 0.15) is 11.3 Å². The summed E-state index contributed by atoms with van der Waals surface area (Å²) in [7, 11) is 0. The zero-order valence-electron chi connectivity index (χ0n) is 14.9. The number of fused-ring (bicyclic) bond motifs is 1.